The molecule has 6 rings (SSSR count). The molecule has 2 aromatic carbocycles. The second kappa shape index (κ2) is 15.7. The summed E-state index contributed by atoms with van der Waals surface area (Å²) in [5.41, 5.74) is 8.85. The van der Waals surface area contributed by atoms with Crippen LogP contribution in [-0.4, -0.2) is 91.3 Å². The Kier molecular flexibility index (Phi) is 11.0. The molecule has 2 aliphatic heterocycles. The molecule has 3 amide bonds. The number of carboxylic acid groups (broad SMARTS) is 1. The molecule has 48 heavy (non-hydrogen) atoms. The first-order valence-electron chi connectivity index (χ1n) is 15.3. The Morgan fingerprint density at radius 3 is 1.94 bits per heavy atom. The predicted molar refractivity (Wildman–Crippen MR) is 180 cm³/mol. The highest BCUT2D eigenvalue weighted by atomic mass is 16.5. The molecule has 0 aliphatic carbocycles. The summed E-state index contributed by atoms with van der Waals surface area (Å²) in [6.45, 7) is 3.87. The first-order valence-corrected chi connectivity index (χ1v) is 15.3. The van der Waals surface area contributed by atoms with Gasteiger partial charge >= 0.3 is 12.1 Å². The second-order valence-electron chi connectivity index (χ2n) is 10.9. The number of amides is 3. The largest absolute Gasteiger partial charge is 0.497 e. The number of carbonyl (C=O) groups is 2. The summed E-state index contributed by atoms with van der Waals surface area (Å²) in [5, 5.41) is 12.0. The number of nitrogens with one attached hydrogen (secondary N) is 1. The number of rotatable bonds is 9. The van der Waals surface area contributed by atoms with E-state index in [-0.39, 0.29) is 0 Å². The number of ether oxygens (including phenoxy) is 3. The van der Waals surface area contributed by atoms with Gasteiger partial charge in [-0.2, -0.15) is 4.98 Å². The summed E-state index contributed by atoms with van der Waals surface area (Å²) in [5.74, 6) is 3.04. The molecule has 4 N–H and O–H groups in total. The van der Waals surface area contributed by atoms with Crippen LogP contribution >= 0.6 is 0 Å². The quantitative estimate of drug-likeness (QED) is 0.239. The number of nitrogens with zero attached hydrogens (tertiary/aromatic N) is 7. The number of carbonyl (C=O) groups excluding carboxylic acids is 1. The van der Waals surface area contributed by atoms with Gasteiger partial charge in [-0.15, -0.1) is 0 Å². The zero-order chi connectivity index (χ0) is 34.0. The van der Waals surface area contributed by atoms with Crippen molar-refractivity contribution >= 4 is 29.8 Å². The van der Waals surface area contributed by atoms with E-state index in [1.807, 2.05) is 53.4 Å². The minimum absolute atomic E-state index is 0.329. The number of aromatic nitrogens is 4. The molecule has 15 nitrogen and oxygen atoms in total. The van der Waals surface area contributed by atoms with Gasteiger partial charge in [-0.05, 0) is 41.8 Å². The number of morpholine rings is 1. The Morgan fingerprint density at radius 1 is 0.917 bits per heavy atom. The van der Waals surface area contributed by atoms with E-state index < -0.39 is 12.1 Å². The Balaban J connectivity index is 0.000000840. The topological polar surface area (TPSA) is 181 Å². The molecule has 1 fully saturated rings. The number of methoxy groups -OCH3 is 2. The van der Waals surface area contributed by atoms with E-state index in [0.29, 0.717) is 81.3 Å². The van der Waals surface area contributed by atoms with Crippen molar-refractivity contribution in [3.05, 3.63) is 77.6 Å². The van der Waals surface area contributed by atoms with Crippen molar-refractivity contribution in [3.63, 3.8) is 0 Å². The summed E-state index contributed by atoms with van der Waals surface area (Å²) in [6.07, 6.45) is 3.00. The fourth-order valence-corrected chi connectivity index (χ4v) is 5.28. The highest BCUT2D eigenvalue weighted by Gasteiger charge is 2.31. The van der Waals surface area contributed by atoms with Gasteiger partial charge in [-0.3, -0.25) is 4.90 Å². The summed E-state index contributed by atoms with van der Waals surface area (Å²) in [4.78, 5) is 46.0. The lowest BCUT2D eigenvalue weighted by molar-refractivity contribution is 0.122. The van der Waals surface area contributed by atoms with Gasteiger partial charge in [0, 0.05) is 63.3 Å². The van der Waals surface area contributed by atoms with Crippen LogP contribution < -0.4 is 35.2 Å². The number of primary amides is 1. The zero-order valence-corrected chi connectivity index (χ0v) is 27.1. The van der Waals surface area contributed by atoms with Crippen molar-refractivity contribution in [1.29, 1.82) is 0 Å². The van der Waals surface area contributed by atoms with Crippen LogP contribution in [0, 0.1) is 0 Å². The number of hydrogen-bond donors (Lipinski definition) is 3. The Hall–Kier alpha value is -5.70. The maximum Gasteiger partial charge on any atom is 0.413 e. The van der Waals surface area contributed by atoms with Crippen molar-refractivity contribution in [2.75, 3.05) is 68.8 Å². The summed E-state index contributed by atoms with van der Waals surface area (Å²) in [7, 11) is 4.77. The molecule has 4 heterocycles. The van der Waals surface area contributed by atoms with Crippen LogP contribution in [0.15, 0.2) is 60.9 Å². The van der Waals surface area contributed by atoms with Gasteiger partial charge in [0.1, 0.15) is 17.3 Å². The standard InChI is InChI=1S/C31H33N7O5.C2H6N2O/c1-41-24-7-3-21(4-8-24)19-37(20-22-5-9-25(42-2)10-6-22)29-32-17-23(18-33-29)27-26-11-12-38(31(39)40)28(26)35-30(34-27)36-13-15-43-16-14-36;1-4-2(3)5/h3-10,17-18H,11-16,19-20H2,1-2H3,(H,39,40);1H3,(H3,3,4,5). The van der Waals surface area contributed by atoms with Crippen molar-refractivity contribution < 1.29 is 28.9 Å². The summed E-state index contributed by atoms with van der Waals surface area (Å²) >= 11 is 0. The van der Waals surface area contributed by atoms with Crippen LogP contribution in [0.2, 0.25) is 0 Å². The molecule has 15 heteroatoms. The number of anilines is 3. The number of hydrogen-bond acceptors (Lipinski definition) is 11. The molecule has 2 aliphatic rings. The van der Waals surface area contributed by atoms with E-state index in [1.54, 1.807) is 26.6 Å². The average molecular weight is 658 g/mol. The minimum Gasteiger partial charge on any atom is -0.497 e. The van der Waals surface area contributed by atoms with Gasteiger partial charge in [-0.25, -0.2) is 24.5 Å². The van der Waals surface area contributed by atoms with Crippen LogP contribution in [0.3, 0.4) is 0 Å². The third-order valence-corrected chi connectivity index (χ3v) is 7.85. The molecule has 0 spiro atoms. The lowest BCUT2D eigenvalue weighted by atomic mass is 10.1. The molecular weight excluding hydrogens is 618 g/mol. The number of benzene rings is 2. The van der Waals surface area contributed by atoms with Gasteiger partial charge in [0.2, 0.25) is 11.9 Å². The lowest BCUT2D eigenvalue weighted by Crippen LogP contribution is -2.38. The van der Waals surface area contributed by atoms with Crippen LogP contribution in [0.5, 0.6) is 11.5 Å². The molecule has 4 aromatic rings. The summed E-state index contributed by atoms with van der Waals surface area (Å²) in [6, 6.07) is 15.4. The molecule has 0 unspecified atom stereocenters. The third-order valence-electron chi connectivity index (χ3n) is 7.85. The van der Waals surface area contributed by atoms with Crippen molar-refractivity contribution in [2.45, 2.75) is 19.5 Å². The highest BCUT2D eigenvalue weighted by Crippen LogP contribution is 2.35. The maximum atomic E-state index is 12.0. The Morgan fingerprint density at radius 2 is 1.46 bits per heavy atom. The fourth-order valence-electron chi connectivity index (χ4n) is 5.28. The number of urea groups is 1. The monoisotopic (exact) mass is 657 g/mol. The van der Waals surface area contributed by atoms with Crippen molar-refractivity contribution in [3.8, 4) is 22.8 Å². The number of fused-ring (bicyclic) bond motifs is 1. The predicted octanol–water partition coefficient (Wildman–Crippen LogP) is 3.32. The van der Waals surface area contributed by atoms with E-state index >= 15 is 0 Å². The van der Waals surface area contributed by atoms with Gasteiger partial charge in [0.05, 0.1) is 33.1 Å². The molecule has 0 saturated carbocycles. The zero-order valence-electron chi connectivity index (χ0n) is 27.1. The van der Waals surface area contributed by atoms with Gasteiger partial charge in [-0.1, -0.05) is 24.3 Å². The van der Waals surface area contributed by atoms with E-state index in [2.05, 4.69) is 20.9 Å². The fraction of sp³-hybridized carbons (Fsp3) is 0.333. The molecule has 0 bridgehead atoms. The first-order chi connectivity index (χ1) is 23.3. The van der Waals surface area contributed by atoms with Crippen LogP contribution in [0.25, 0.3) is 11.3 Å². The van der Waals surface area contributed by atoms with Crippen LogP contribution in [-0.2, 0) is 24.2 Å². The third kappa shape index (κ3) is 8.17. The maximum absolute atomic E-state index is 12.0. The van der Waals surface area contributed by atoms with E-state index in [1.165, 1.54) is 11.9 Å². The van der Waals surface area contributed by atoms with E-state index in [4.69, 9.17) is 29.2 Å². The van der Waals surface area contributed by atoms with E-state index in [0.717, 1.165) is 28.2 Å². The Labute approximate surface area is 278 Å². The van der Waals surface area contributed by atoms with E-state index in [9.17, 15) is 14.7 Å². The molecular formula is C33H39N9O6. The first kappa shape index (κ1) is 33.7. The smallest absolute Gasteiger partial charge is 0.413 e. The SMILES string of the molecule is CNC(N)=O.COc1ccc(CN(Cc2ccc(OC)cc2)c2ncc(-c3nc(N4CCOCC4)nc4c3CCN4C(=O)O)cn2)cc1. The van der Waals surface area contributed by atoms with Crippen LogP contribution in [0.1, 0.15) is 16.7 Å². The molecule has 0 radical (unpaired) electrons. The van der Waals surface area contributed by atoms with Gasteiger partial charge < -0.3 is 40.2 Å². The molecule has 1 saturated heterocycles. The number of nitrogens with two attached hydrogens (primary N) is 1. The lowest BCUT2D eigenvalue weighted by Gasteiger charge is -2.28. The van der Waals surface area contributed by atoms with Crippen molar-refractivity contribution in [1.82, 2.24) is 25.3 Å². The molecule has 0 atom stereocenters. The Bertz CT molecular complexity index is 1630. The van der Waals surface area contributed by atoms with Gasteiger partial charge in [0.25, 0.3) is 0 Å². The summed E-state index contributed by atoms with van der Waals surface area (Å²) < 4.78 is 16.1. The molecule has 2 aromatic heterocycles. The second-order valence-corrected chi connectivity index (χ2v) is 10.9. The normalized spacial score (nSPS) is 13.6. The molecule has 252 valence electrons. The highest BCUT2D eigenvalue weighted by molar-refractivity contribution is 5.89. The van der Waals surface area contributed by atoms with Gasteiger partial charge in [0.15, 0.2) is 0 Å². The van der Waals surface area contributed by atoms with Crippen molar-refractivity contribution in [2.24, 2.45) is 5.73 Å². The minimum atomic E-state index is -1.03. The van der Waals surface area contributed by atoms with Crippen LogP contribution in [0.4, 0.5) is 27.3 Å². The average Bonchev–Trinajstić information content (AvgIpc) is 3.57.